The lowest BCUT2D eigenvalue weighted by atomic mass is 9.78. The van der Waals surface area contributed by atoms with Crippen molar-refractivity contribution < 1.29 is 9.09 Å². The van der Waals surface area contributed by atoms with Gasteiger partial charge in [-0.15, -0.1) is 0 Å². The molecule has 2 nitrogen and oxygen atoms in total. The molecule has 2 rings (SSSR count). The van der Waals surface area contributed by atoms with Gasteiger partial charge in [-0.05, 0) is 49.3 Å². The third-order valence-electron chi connectivity index (χ3n) is 4.62. The first kappa shape index (κ1) is 15.8. The molecule has 20 heavy (non-hydrogen) atoms. The quantitative estimate of drug-likeness (QED) is 0.719. The van der Waals surface area contributed by atoms with E-state index in [1.807, 2.05) is 19.1 Å². The predicted molar refractivity (Wildman–Crippen MR) is 86.2 cm³/mol. The monoisotopic (exact) mass is 294 g/mol. The van der Waals surface area contributed by atoms with E-state index in [1.54, 1.807) is 6.66 Å². The highest BCUT2D eigenvalue weighted by atomic mass is 31.2. The van der Waals surface area contributed by atoms with Crippen molar-refractivity contribution in [3.63, 3.8) is 0 Å². The Morgan fingerprint density at radius 1 is 1.20 bits per heavy atom. The zero-order chi connectivity index (χ0) is 14.6. The van der Waals surface area contributed by atoms with Crippen LogP contribution in [0.3, 0.4) is 0 Å². The molecule has 0 N–H and O–H groups in total. The lowest BCUT2D eigenvalue weighted by Gasteiger charge is -2.28. The number of hydrogen-bond donors (Lipinski definition) is 0. The van der Waals surface area contributed by atoms with Gasteiger partial charge in [0.05, 0.1) is 6.61 Å². The zero-order valence-corrected chi connectivity index (χ0v) is 13.9. The van der Waals surface area contributed by atoms with Crippen molar-refractivity contribution in [1.29, 1.82) is 0 Å². The molecule has 0 amide bonds. The molecule has 1 aliphatic carbocycles. The van der Waals surface area contributed by atoms with Crippen molar-refractivity contribution in [3.05, 3.63) is 29.8 Å². The van der Waals surface area contributed by atoms with Crippen LogP contribution in [0, 0.1) is 5.92 Å². The van der Waals surface area contributed by atoms with Crippen LogP contribution in [0.15, 0.2) is 24.3 Å². The summed E-state index contributed by atoms with van der Waals surface area (Å²) in [6.07, 6.45) is 6.86. The van der Waals surface area contributed by atoms with E-state index in [2.05, 4.69) is 19.1 Å². The summed E-state index contributed by atoms with van der Waals surface area (Å²) in [6, 6.07) is 8.27. The van der Waals surface area contributed by atoms with Crippen LogP contribution in [0.1, 0.15) is 57.4 Å². The van der Waals surface area contributed by atoms with Crippen molar-refractivity contribution in [2.24, 2.45) is 5.92 Å². The van der Waals surface area contributed by atoms with Gasteiger partial charge in [0.25, 0.3) is 0 Å². The van der Waals surface area contributed by atoms with Gasteiger partial charge in [-0.2, -0.15) is 0 Å². The lowest BCUT2D eigenvalue weighted by molar-refractivity contribution is 0.316. The second-order valence-corrected chi connectivity index (χ2v) is 8.51. The van der Waals surface area contributed by atoms with Gasteiger partial charge in [0.2, 0.25) is 7.37 Å². The van der Waals surface area contributed by atoms with Gasteiger partial charge in [0.15, 0.2) is 0 Å². The molecule has 3 heteroatoms. The molecule has 1 fully saturated rings. The van der Waals surface area contributed by atoms with Gasteiger partial charge in [0.1, 0.15) is 0 Å². The van der Waals surface area contributed by atoms with Gasteiger partial charge in [0, 0.05) is 12.0 Å². The van der Waals surface area contributed by atoms with E-state index >= 15 is 0 Å². The Balaban J connectivity index is 2.09. The van der Waals surface area contributed by atoms with Crippen LogP contribution in [-0.2, 0) is 9.09 Å². The molecule has 1 saturated carbocycles. The van der Waals surface area contributed by atoms with Crippen molar-refractivity contribution in [2.45, 2.75) is 51.9 Å². The summed E-state index contributed by atoms with van der Waals surface area (Å²) in [5.74, 6) is 1.42. The highest BCUT2D eigenvalue weighted by Gasteiger charge is 2.23. The van der Waals surface area contributed by atoms with Crippen LogP contribution < -0.4 is 5.30 Å². The lowest BCUT2D eigenvalue weighted by Crippen LogP contribution is -2.15. The van der Waals surface area contributed by atoms with E-state index in [4.69, 9.17) is 4.52 Å². The fourth-order valence-corrected chi connectivity index (χ4v) is 4.61. The van der Waals surface area contributed by atoms with E-state index in [0.29, 0.717) is 12.5 Å². The summed E-state index contributed by atoms with van der Waals surface area (Å²) in [7, 11) is -2.63. The topological polar surface area (TPSA) is 26.3 Å². The summed E-state index contributed by atoms with van der Waals surface area (Å²) in [5, 5.41) is 0.832. The van der Waals surface area contributed by atoms with Gasteiger partial charge in [-0.1, -0.05) is 38.3 Å². The van der Waals surface area contributed by atoms with Crippen LogP contribution in [0.2, 0.25) is 0 Å². The minimum Gasteiger partial charge on any atom is -0.326 e. The first-order valence-electron chi connectivity index (χ1n) is 7.87. The fourth-order valence-electron chi connectivity index (χ4n) is 3.28. The average Bonchev–Trinajstić information content (AvgIpc) is 2.47. The highest BCUT2D eigenvalue weighted by Crippen LogP contribution is 2.41. The average molecular weight is 294 g/mol. The smallest absolute Gasteiger partial charge is 0.229 e. The number of benzene rings is 1. The van der Waals surface area contributed by atoms with Crippen LogP contribution in [0.5, 0.6) is 0 Å². The van der Waals surface area contributed by atoms with Gasteiger partial charge < -0.3 is 4.52 Å². The molecule has 0 saturated heterocycles. The third-order valence-corrected chi connectivity index (χ3v) is 6.61. The molecule has 1 unspecified atom stereocenters. The van der Waals surface area contributed by atoms with Gasteiger partial charge in [-0.3, -0.25) is 4.57 Å². The minimum atomic E-state index is -2.63. The maximum absolute atomic E-state index is 12.4. The van der Waals surface area contributed by atoms with E-state index in [0.717, 1.165) is 11.2 Å². The SMILES string of the molecule is CCOP(C)(=O)c1ccc([C@H](C)C2CCCCC2)cc1. The molecule has 2 atom stereocenters. The van der Waals surface area contributed by atoms with Crippen LogP contribution >= 0.6 is 7.37 Å². The number of hydrogen-bond acceptors (Lipinski definition) is 2. The summed E-state index contributed by atoms with van der Waals surface area (Å²) < 4.78 is 17.8. The second kappa shape index (κ2) is 6.91. The first-order chi connectivity index (χ1) is 9.54. The normalized spacial score (nSPS) is 21.4. The largest absolute Gasteiger partial charge is 0.326 e. The number of rotatable bonds is 5. The Morgan fingerprint density at radius 3 is 2.35 bits per heavy atom. The molecule has 0 aliphatic heterocycles. The molecular weight excluding hydrogens is 267 g/mol. The molecule has 0 aromatic heterocycles. The van der Waals surface area contributed by atoms with E-state index in [9.17, 15) is 4.57 Å². The highest BCUT2D eigenvalue weighted by molar-refractivity contribution is 7.66. The van der Waals surface area contributed by atoms with Crippen molar-refractivity contribution in [2.75, 3.05) is 13.3 Å². The molecule has 1 aliphatic rings. The Hall–Kier alpha value is -0.590. The van der Waals surface area contributed by atoms with E-state index < -0.39 is 7.37 Å². The Bertz CT molecular complexity index is 460. The van der Waals surface area contributed by atoms with Crippen molar-refractivity contribution in [1.82, 2.24) is 0 Å². The summed E-state index contributed by atoms with van der Waals surface area (Å²) in [5.41, 5.74) is 1.37. The molecule has 1 aromatic rings. The van der Waals surface area contributed by atoms with Crippen molar-refractivity contribution >= 4 is 12.7 Å². The zero-order valence-electron chi connectivity index (χ0n) is 13.0. The van der Waals surface area contributed by atoms with Gasteiger partial charge >= 0.3 is 0 Å². The third kappa shape index (κ3) is 3.74. The summed E-state index contributed by atoms with van der Waals surface area (Å²) in [4.78, 5) is 0. The fraction of sp³-hybridized carbons (Fsp3) is 0.647. The van der Waals surface area contributed by atoms with Crippen molar-refractivity contribution in [3.8, 4) is 0 Å². The molecular formula is C17H27O2P. The van der Waals surface area contributed by atoms with E-state index in [1.165, 1.54) is 37.7 Å². The molecule has 1 aromatic carbocycles. The van der Waals surface area contributed by atoms with Crippen LogP contribution in [-0.4, -0.2) is 13.3 Å². The van der Waals surface area contributed by atoms with Crippen LogP contribution in [0.25, 0.3) is 0 Å². The summed E-state index contributed by atoms with van der Waals surface area (Å²) in [6.45, 7) is 6.42. The molecule has 0 spiro atoms. The minimum absolute atomic E-state index is 0.494. The predicted octanol–water partition coefficient (Wildman–Crippen LogP) is 4.94. The first-order valence-corrected chi connectivity index (χ1v) is 9.94. The van der Waals surface area contributed by atoms with E-state index in [-0.39, 0.29) is 0 Å². The summed E-state index contributed by atoms with van der Waals surface area (Å²) >= 11 is 0. The molecule has 0 heterocycles. The Kier molecular flexibility index (Phi) is 5.46. The maximum Gasteiger partial charge on any atom is 0.229 e. The van der Waals surface area contributed by atoms with Crippen LogP contribution in [0.4, 0.5) is 0 Å². The Morgan fingerprint density at radius 2 is 1.80 bits per heavy atom. The Labute approximate surface area is 123 Å². The second-order valence-electron chi connectivity index (χ2n) is 6.04. The van der Waals surface area contributed by atoms with Gasteiger partial charge in [-0.25, -0.2) is 0 Å². The maximum atomic E-state index is 12.4. The molecule has 0 bridgehead atoms. The molecule has 112 valence electrons. The molecule has 0 radical (unpaired) electrons. The standard InChI is InChI=1S/C17H27O2P/c1-4-19-20(3,18)17-12-10-16(11-13-17)14(2)15-8-6-5-7-9-15/h10-15H,4-9H2,1-3H3/t14-,20?/m1/s1.